The zero-order valence-electron chi connectivity index (χ0n) is 14.4. The van der Waals surface area contributed by atoms with E-state index in [4.69, 9.17) is 0 Å². The SMILES string of the molecule is O=C(C[N+]12CCC(CC1)C(CO)C2)C12CC3CC(CC(C3)C1)C2. The number of nitrogens with zero attached hydrogens (tertiary/aromatic N) is 1. The molecule has 7 fully saturated rings. The van der Waals surface area contributed by atoms with Gasteiger partial charge in [-0.1, -0.05) is 0 Å². The van der Waals surface area contributed by atoms with Crippen molar-refractivity contribution in [2.24, 2.45) is 35.0 Å². The standard InChI is InChI=1S/C20H32NO2/c22-13-18-11-21(3-1-17(18)2-4-21)12-19(23)20-8-14-5-15(9-20)7-16(6-14)10-20/h14-18,22H,1-13H2/q+1. The van der Waals surface area contributed by atoms with Crippen LogP contribution in [0.15, 0.2) is 0 Å². The van der Waals surface area contributed by atoms with Crippen LogP contribution in [0.5, 0.6) is 0 Å². The Morgan fingerprint density at radius 3 is 2.09 bits per heavy atom. The first-order valence-electron chi connectivity index (χ1n) is 10.1. The molecule has 0 aromatic rings. The van der Waals surface area contributed by atoms with Crippen LogP contribution < -0.4 is 0 Å². The monoisotopic (exact) mass is 318 g/mol. The molecule has 128 valence electrons. The molecule has 3 aliphatic heterocycles. The van der Waals surface area contributed by atoms with Gasteiger partial charge < -0.3 is 9.59 Å². The van der Waals surface area contributed by atoms with E-state index in [2.05, 4.69) is 0 Å². The molecule has 6 bridgehead atoms. The second-order valence-electron chi connectivity index (χ2n) is 10.0. The first-order chi connectivity index (χ1) is 11.1. The van der Waals surface area contributed by atoms with Gasteiger partial charge in [-0.2, -0.15) is 0 Å². The highest BCUT2D eigenvalue weighted by Crippen LogP contribution is 2.60. The minimum absolute atomic E-state index is 0.0742. The number of aliphatic hydroxyl groups is 1. The highest BCUT2D eigenvalue weighted by molar-refractivity contribution is 5.86. The number of rotatable bonds is 4. The fraction of sp³-hybridized carbons (Fsp3) is 0.950. The lowest BCUT2D eigenvalue weighted by atomic mass is 9.48. The van der Waals surface area contributed by atoms with Crippen LogP contribution in [-0.4, -0.2) is 48.2 Å². The van der Waals surface area contributed by atoms with E-state index in [0.29, 0.717) is 18.3 Å². The predicted molar refractivity (Wildman–Crippen MR) is 88.6 cm³/mol. The molecule has 3 nitrogen and oxygen atoms in total. The van der Waals surface area contributed by atoms with Gasteiger partial charge in [-0.05, 0) is 62.2 Å². The summed E-state index contributed by atoms with van der Waals surface area (Å²) in [4.78, 5) is 13.5. The van der Waals surface area contributed by atoms with Crippen LogP contribution in [0, 0.1) is 35.0 Å². The van der Waals surface area contributed by atoms with E-state index in [9.17, 15) is 9.90 Å². The van der Waals surface area contributed by atoms with Gasteiger partial charge >= 0.3 is 0 Å². The molecule has 7 rings (SSSR count). The summed E-state index contributed by atoms with van der Waals surface area (Å²) in [5, 5.41) is 9.70. The summed E-state index contributed by atoms with van der Waals surface area (Å²) in [6, 6.07) is 0. The lowest BCUT2D eigenvalue weighted by Gasteiger charge is -2.57. The van der Waals surface area contributed by atoms with Gasteiger partial charge in [-0.3, -0.25) is 4.79 Å². The molecule has 1 atom stereocenters. The van der Waals surface area contributed by atoms with Crippen molar-refractivity contribution in [3.8, 4) is 0 Å². The second kappa shape index (κ2) is 5.05. The Bertz CT molecular complexity index is 470. The molecule has 0 aromatic carbocycles. The Balaban J connectivity index is 1.35. The van der Waals surface area contributed by atoms with E-state index in [0.717, 1.165) is 41.2 Å². The number of aliphatic hydroxyl groups excluding tert-OH is 1. The molecule has 1 N–H and O–H groups in total. The fourth-order valence-electron chi connectivity index (χ4n) is 7.79. The van der Waals surface area contributed by atoms with Crippen LogP contribution in [0.4, 0.5) is 0 Å². The zero-order chi connectivity index (χ0) is 15.7. The average molecular weight is 318 g/mol. The summed E-state index contributed by atoms with van der Waals surface area (Å²) < 4.78 is 1.02. The molecule has 0 spiro atoms. The molecule has 3 heterocycles. The van der Waals surface area contributed by atoms with Crippen molar-refractivity contribution in [3.63, 3.8) is 0 Å². The molecule has 4 saturated carbocycles. The lowest BCUT2D eigenvalue weighted by molar-refractivity contribution is -0.940. The maximum Gasteiger partial charge on any atom is 0.193 e. The molecule has 3 heteroatoms. The number of Topliss-reactive ketones (excluding diaryl/α,β-unsaturated/α-hetero) is 1. The van der Waals surface area contributed by atoms with E-state index in [1.54, 1.807) is 0 Å². The van der Waals surface area contributed by atoms with E-state index >= 15 is 0 Å². The van der Waals surface area contributed by atoms with Crippen LogP contribution in [0.1, 0.15) is 51.4 Å². The Labute approximate surface area is 140 Å². The number of carbonyl (C=O) groups excluding carboxylic acids is 1. The van der Waals surface area contributed by atoms with Crippen LogP contribution >= 0.6 is 0 Å². The van der Waals surface area contributed by atoms with Gasteiger partial charge in [0.05, 0.1) is 26.2 Å². The van der Waals surface area contributed by atoms with E-state index < -0.39 is 0 Å². The topological polar surface area (TPSA) is 37.3 Å². The van der Waals surface area contributed by atoms with Gasteiger partial charge in [0.15, 0.2) is 5.78 Å². The Morgan fingerprint density at radius 2 is 1.57 bits per heavy atom. The van der Waals surface area contributed by atoms with Crippen molar-refractivity contribution in [2.75, 3.05) is 32.8 Å². The minimum atomic E-state index is 0.0742. The Morgan fingerprint density at radius 1 is 1.00 bits per heavy atom. The number of ketones is 1. The highest BCUT2D eigenvalue weighted by Gasteiger charge is 2.56. The third kappa shape index (κ3) is 2.26. The van der Waals surface area contributed by atoms with Gasteiger partial charge in [-0.15, -0.1) is 0 Å². The first-order valence-corrected chi connectivity index (χ1v) is 10.1. The molecule has 4 aliphatic carbocycles. The molecular formula is C20H32NO2+. The average Bonchev–Trinajstić information content (AvgIpc) is 2.54. The smallest absolute Gasteiger partial charge is 0.193 e. The first kappa shape index (κ1) is 14.9. The zero-order valence-corrected chi connectivity index (χ0v) is 14.4. The summed E-state index contributed by atoms with van der Waals surface area (Å²) in [5.41, 5.74) is 0.0742. The number of hydrogen-bond acceptors (Lipinski definition) is 2. The summed E-state index contributed by atoms with van der Waals surface area (Å²) in [7, 11) is 0. The van der Waals surface area contributed by atoms with Crippen molar-refractivity contribution in [2.45, 2.75) is 51.4 Å². The number of quaternary nitrogens is 1. The summed E-state index contributed by atoms with van der Waals surface area (Å²) >= 11 is 0. The number of piperidine rings is 3. The van der Waals surface area contributed by atoms with Gasteiger partial charge in [0.25, 0.3) is 0 Å². The molecular weight excluding hydrogens is 286 g/mol. The maximum absolute atomic E-state index is 13.5. The molecule has 3 saturated heterocycles. The number of hydrogen-bond donors (Lipinski definition) is 1. The van der Waals surface area contributed by atoms with Gasteiger partial charge in [-0.25, -0.2) is 0 Å². The Kier molecular flexibility index (Phi) is 3.27. The van der Waals surface area contributed by atoms with Crippen molar-refractivity contribution >= 4 is 5.78 Å². The van der Waals surface area contributed by atoms with Crippen molar-refractivity contribution in [1.82, 2.24) is 0 Å². The third-order valence-electron chi connectivity index (χ3n) is 8.58. The predicted octanol–water partition coefficient (Wildman–Crippen LogP) is 2.62. The van der Waals surface area contributed by atoms with E-state index in [-0.39, 0.29) is 5.41 Å². The number of carbonyl (C=O) groups is 1. The van der Waals surface area contributed by atoms with E-state index in [1.165, 1.54) is 64.5 Å². The summed E-state index contributed by atoms with van der Waals surface area (Å²) in [6.45, 7) is 4.57. The summed E-state index contributed by atoms with van der Waals surface area (Å²) in [6.07, 6.45) is 10.4. The third-order valence-corrected chi connectivity index (χ3v) is 8.58. The minimum Gasteiger partial charge on any atom is -0.396 e. The molecule has 0 radical (unpaired) electrons. The van der Waals surface area contributed by atoms with Crippen LogP contribution in [0.25, 0.3) is 0 Å². The Hall–Kier alpha value is -0.410. The summed E-state index contributed by atoms with van der Waals surface area (Å²) in [5.74, 6) is 4.40. The molecule has 0 amide bonds. The van der Waals surface area contributed by atoms with Crippen molar-refractivity contribution < 1.29 is 14.4 Å². The van der Waals surface area contributed by atoms with Gasteiger partial charge in [0, 0.05) is 24.2 Å². The molecule has 23 heavy (non-hydrogen) atoms. The maximum atomic E-state index is 13.5. The normalized spacial score (nSPS) is 53.7. The highest BCUT2D eigenvalue weighted by atomic mass is 16.3. The van der Waals surface area contributed by atoms with Crippen LogP contribution in [0.2, 0.25) is 0 Å². The van der Waals surface area contributed by atoms with Crippen molar-refractivity contribution in [1.29, 1.82) is 0 Å². The van der Waals surface area contributed by atoms with Gasteiger partial charge in [0.2, 0.25) is 0 Å². The fourth-order valence-corrected chi connectivity index (χ4v) is 7.79. The van der Waals surface area contributed by atoms with Crippen molar-refractivity contribution in [3.05, 3.63) is 0 Å². The van der Waals surface area contributed by atoms with E-state index in [1.807, 2.05) is 0 Å². The molecule has 0 aromatic heterocycles. The largest absolute Gasteiger partial charge is 0.396 e. The van der Waals surface area contributed by atoms with Gasteiger partial charge in [0.1, 0.15) is 6.54 Å². The van der Waals surface area contributed by atoms with Crippen LogP contribution in [-0.2, 0) is 4.79 Å². The van der Waals surface area contributed by atoms with Crippen LogP contribution in [0.3, 0.4) is 0 Å². The number of fused-ring (bicyclic) bond motifs is 3. The molecule has 1 unspecified atom stereocenters. The second-order valence-corrected chi connectivity index (χ2v) is 10.0. The lowest BCUT2D eigenvalue weighted by Crippen LogP contribution is -2.65. The molecule has 7 aliphatic rings. The quantitative estimate of drug-likeness (QED) is 0.809.